The summed E-state index contributed by atoms with van der Waals surface area (Å²) in [7, 11) is 0. The van der Waals surface area contributed by atoms with Crippen LogP contribution in [0.25, 0.3) is 0 Å². The molecule has 200 valence electrons. The van der Waals surface area contributed by atoms with Crippen LogP contribution in [0.5, 0.6) is 0 Å². The number of fused-ring (bicyclic) bond motifs is 5. The molecule has 0 spiro atoms. The summed E-state index contributed by atoms with van der Waals surface area (Å²) in [5.74, 6) is -1.77. The second kappa shape index (κ2) is 7.50. The predicted octanol–water partition coefficient (Wildman–Crippen LogP) is 1.71. The van der Waals surface area contributed by atoms with E-state index in [1.165, 1.54) is 13.0 Å². The first-order valence-electron chi connectivity index (χ1n) is 13.2. The first-order valence-corrected chi connectivity index (χ1v) is 13.2. The van der Waals surface area contributed by atoms with Crippen molar-refractivity contribution in [1.82, 2.24) is 0 Å². The van der Waals surface area contributed by atoms with Gasteiger partial charge in [-0.05, 0) is 84.1 Å². The van der Waals surface area contributed by atoms with E-state index < -0.39 is 63.2 Å². The molecule has 0 saturated heterocycles. The minimum Gasteiger partial charge on any atom is -0.455 e. The highest BCUT2D eigenvalue weighted by Crippen LogP contribution is 2.71. The van der Waals surface area contributed by atoms with Crippen molar-refractivity contribution in [3.05, 3.63) is 23.3 Å². The molecule has 1 aliphatic heterocycles. The number of cyclic esters (lactones) is 1. The summed E-state index contributed by atoms with van der Waals surface area (Å²) in [4.78, 5) is 25.7. The number of aliphatic hydroxyl groups excluding tert-OH is 1. The number of esters is 1. The highest BCUT2D eigenvalue weighted by molar-refractivity contribution is 5.97. The molecular formula is C28H40O8. The molecule has 8 nitrogen and oxygen atoms in total. The van der Waals surface area contributed by atoms with Crippen LogP contribution in [-0.2, 0) is 14.3 Å². The number of carbonyl (C=O) groups excluding carboxylic acids is 2. The van der Waals surface area contributed by atoms with Gasteiger partial charge in [-0.25, -0.2) is 4.79 Å². The van der Waals surface area contributed by atoms with Crippen molar-refractivity contribution in [2.45, 2.75) is 114 Å². The van der Waals surface area contributed by atoms with Crippen molar-refractivity contribution >= 4 is 11.8 Å². The molecule has 10 atom stereocenters. The van der Waals surface area contributed by atoms with E-state index in [1.54, 1.807) is 26.8 Å². The van der Waals surface area contributed by atoms with Crippen LogP contribution in [0.2, 0.25) is 0 Å². The summed E-state index contributed by atoms with van der Waals surface area (Å²) in [5.41, 5.74) is -8.00. The van der Waals surface area contributed by atoms with E-state index in [2.05, 4.69) is 0 Å². The highest BCUT2D eigenvalue weighted by atomic mass is 16.6. The van der Waals surface area contributed by atoms with Crippen molar-refractivity contribution in [3.8, 4) is 0 Å². The summed E-state index contributed by atoms with van der Waals surface area (Å²) in [6, 6.07) is 0. The standard InChI is InChI=1S/C28H40O8/c1-15-13-21(36-22(31)16(15)2)25(5,32)28(35)12-11-26(33)18-14-20(30)27(34)9-6-7-19(29)24(27,4)17(18)8-10-23(26,28)3/h6-7,17-18,20-21,30,32-35H,8-14H2,1-5H3/t17?,18?,20-,21?,23+,24+,25-,26-,27+,28+/m1/s1. The monoisotopic (exact) mass is 504 g/mol. The SMILES string of the molecule is CC1=C(C)C(=O)OC([C@@](C)(O)[C@]2(O)CC[C@@]3(O)C4C[C@@H](O)[C@@]5(O)CC=CC(=O)[C@]5(C)C4CC[C@]23C)C1. The molecule has 3 fully saturated rings. The third-order valence-corrected chi connectivity index (χ3v) is 11.8. The van der Waals surface area contributed by atoms with E-state index in [0.29, 0.717) is 18.4 Å². The Morgan fingerprint density at radius 3 is 2.33 bits per heavy atom. The molecular weight excluding hydrogens is 464 g/mol. The van der Waals surface area contributed by atoms with Crippen LogP contribution < -0.4 is 0 Å². The lowest BCUT2D eigenvalue weighted by atomic mass is 9.41. The molecule has 8 heteroatoms. The van der Waals surface area contributed by atoms with Crippen LogP contribution in [-0.4, -0.2) is 71.9 Å². The highest BCUT2D eigenvalue weighted by Gasteiger charge is 2.78. The van der Waals surface area contributed by atoms with E-state index in [4.69, 9.17) is 4.74 Å². The van der Waals surface area contributed by atoms with Crippen LogP contribution in [0.1, 0.15) is 79.6 Å². The van der Waals surface area contributed by atoms with Crippen LogP contribution in [0.15, 0.2) is 23.3 Å². The number of ketones is 1. The fraction of sp³-hybridized carbons (Fsp3) is 0.786. The minimum atomic E-state index is -1.86. The summed E-state index contributed by atoms with van der Waals surface area (Å²) in [6.45, 7) is 8.42. The summed E-state index contributed by atoms with van der Waals surface area (Å²) < 4.78 is 5.59. The van der Waals surface area contributed by atoms with Crippen molar-refractivity contribution < 1.29 is 39.9 Å². The molecule has 36 heavy (non-hydrogen) atoms. The van der Waals surface area contributed by atoms with Gasteiger partial charge in [-0.15, -0.1) is 0 Å². The number of ether oxygens (including phenoxy) is 1. The zero-order valence-corrected chi connectivity index (χ0v) is 21.9. The summed E-state index contributed by atoms with van der Waals surface area (Å²) >= 11 is 0. The topological polar surface area (TPSA) is 145 Å². The molecule has 5 aliphatic rings. The average Bonchev–Trinajstić information content (AvgIpc) is 3.03. The first-order chi connectivity index (χ1) is 16.5. The lowest BCUT2D eigenvalue weighted by molar-refractivity contribution is -0.301. The van der Waals surface area contributed by atoms with Crippen molar-refractivity contribution in [1.29, 1.82) is 0 Å². The van der Waals surface area contributed by atoms with Crippen molar-refractivity contribution in [3.63, 3.8) is 0 Å². The van der Waals surface area contributed by atoms with E-state index in [9.17, 15) is 35.1 Å². The Kier molecular flexibility index (Phi) is 5.43. The van der Waals surface area contributed by atoms with E-state index in [1.807, 2.05) is 6.92 Å². The molecule has 3 saturated carbocycles. The second-order valence-electron chi connectivity index (χ2n) is 12.9. The molecule has 5 rings (SSSR count). The minimum absolute atomic E-state index is 0.0664. The van der Waals surface area contributed by atoms with Gasteiger partial charge in [0.05, 0.1) is 17.1 Å². The van der Waals surface area contributed by atoms with Crippen molar-refractivity contribution in [2.24, 2.45) is 22.7 Å². The normalized spacial score (nSPS) is 52.3. The summed E-state index contributed by atoms with van der Waals surface area (Å²) in [6.07, 6.45) is 2.31. The molecule has 4 aliphatic carbocycles. The Balaban J connectivity index is 1.55. The predicted molar refractivity (Wildman–Crippen MR) is 129 cm³/mol. The van der Waals surface area contributed by atoms with Gasteiger partial charge in [0.15, 0.2) is 5.78 Å². The Hall–Kier alpha value is -1.58. The van der Waals surface area contributed by atoms with Gasteiger partial charge in [0, 0.05) is 17.4 Å². The Labute approximate surface area is 212 Å². The van der Waals surface area contributed by atoms with E-state index >= 15 is 0 Å². The van der Waals surface area contributed by atoms with Gasteiger partial charge in [0.2, 0.25) is 0 Å². The largest absolute Gasteiger partial charge is 0.455 e. The van der Waals surface area contributed by atoms with Crippen LogP contribution in [0, 0.1) is 22.7 Å². The molecule has 1 heterocycles. The maximum atomic E-state index is 13.2. The van der Waals surface area contributed by atoms with Crippen LogP contribution in [0.3, 0.4) is 0 Å². The first kappa shape index (κ1) is 26.0. The van der Waals surface area contributed by atoms with E-state index in [-0.39, 0.29) is 37.9 Å². The van der Waals surface area contributed by atoms with Gasteiger partial charge in [-0.2, -0.15) is 0 Å². The van der Waals surface area contributed by atoms with Crippen molar-refractivity contribution in [2.75, 3.05) is 0 Å². The number of aliphatic hydroxyl groups is 5. The third-order valence-electron chi connectivity index (χ3n) is 11.8. The molecule has 0 aromatic carbocycles. The second-order valence-corrected chi connectivity index (χ2v) is 12.9. The Bertz CT molecular complexity index is 1080. The van der Waals surface area contributed by atoms with E-state index in [0.717, 1.165) is 5.57 Å². The molecule has 0 aromatic rings. The Morgan fingerprint density at radius 1 is 1.03 bits per heavy atom. The molecule has 5 N–H and O–H groups in total. The quantitative estimate of drug-likeness (QED) is 0.358. The Morgan fingerprint density at radius 2 is 1.69 bits per heavy atom. The average molecular weight is 505 g/mol. The zero-order valence-electron chi connectivity index (χ0n) is 21.9. The molecule has 0 aromatic heterocycles. The molecule has 0 amide bonds. The number of carbonyl (C=O) groups is 2. The smallest absolute Gasteiger partial charge is 0.334 e. The number of allylic oxidation sites excluding steroid dienone is 1. The maximum Gasteiger partial charge on any atom is 0.334 e. The zero-order chi connectivity index (χ0) is 26.7. The third kappa shape index (κ3) is 2.72. The number of hydrogen-bond donors (Lipinski definition) is 5. The fourth-order valence-electron chi connectivity index (χ4n) is 8.95. The lowest BCUT2D eigenvalue weighted by Crippen LogP contribution is -2.75. The van der Waals surface area contributed by atoms with Gasteiger partial charge in [0.1, 0.15) is 22.9 Å². The van der Waals surface area contributed by atoms with Gasteiger partial charge in [-0.1, -0.05) is 18.6 Å². The number of hydrogen-bond acceptors (Lipinski definition) is 8. The molecule has 3 unspecified atom stereocenters. The van der Waals surface area contributed by atoms with Gasteiger partial charge < -0.3 is 30.3 Å². The molecule has 0 bridgehead atoms. The summed E-state index contributed by atoms with van der Waals surface area (Å²) in [5, 5.41) is 59.3. The fourth-order valence-corrected chi connectivity index (χ4v) is 8.95. The lowest BCUT2D eigenvalue weighted by Gasteiger charge is -2.66. The van der Waals surface area contributed by atoms with Crippen LogP contribution in [0.4, 0.5) is 0 Å². The molecule has 0 radical (unpaired) electrons. The number of rotatable bonds is 2. The van der Waals surface area contributed by atoms with Gasteiger partial charge in [0.25, 0.3) is 0 Å². The van der Waals surface area contributed by atoms with Gasteiger partial charge >= 0.3 is 5.97 Å². The van der Waals surface area contributed by atoms with Gasteiger partial charge in [-0.3, -0.25) is 4.79 Å². The maximum absolute atomic E-state index is 13.2. The van der Waals surface area contributed by atoms with Crippen LogP contribution >= 0.6 is 0 Å².